The molecule has 0 saturated carbocycles. The number of hydrogen-bond acceptors (Lipinski definition) is 2. The van der Waals surface area contributed by atoms with Gasteiger partial charge in [0, 0.05) is 6.04 Å². The maximum atomic E-state index is 11.5. The zero-order valence-electron chi connectivity index (χ0n) is 9.00. The Kier molecular flexibility index (Phi) is 3.31. The zero-order chi connectivity index (χ0) is 10.0. The van der Waals surface area contributed by atoms with Crippen LogP contribution in [0.5, 0.6) is 0 Å². The highest BCUT2D eigenvalue weighted by atomic mass is 16.2. The first-order valence-corrected chi connectivity index (χ1v) is 5.12. The van der Waals surface area contributed by atoms with Gasteiger partial charge in [-0.2, -0.15) is 0 Å². The molecule has 3 atom stereocenters. The molecule has 3 heteroatoms. The first-order chi connectivity index (χ1) is 6.07. The van der Waals surface area contributed by atoms with E-state index in [9.17, 15) is 4.79 Å². The molecule has 0 aromatic heterocycles. The molecular weight excluding hydrogens is 164 g/mol. The fraction of sp³-hybridized carbons (Fsp3) is 0.900. The van der Waals surface area contributed by atoms with Gasteiger partial charge in [-0.05, 0) is 19.8 Å². The van der Waals surface area contributed by atoms with Gasteiger partial charge in [-0.15, -0.1) is 0 Å². The summed E-state index contributed by atoms with van der Waals surface area (Å²) in [5, 5.41) is 3.16. The van der Waals surface area contributed by atoms with Crippen LogP contribution in [0.3, 0.4) is 0 Å². The molecule has 13 heavy (non-hydrogen) atoms. The third-order valence-corrected chi connectivity index (χ3v) is 3.16. The Hall–Kier alpha value is -0.570. The second kappa shape index (κ2) is 4.09. The van der Waals surface area contributed by atoms with E-state index >= 15 is 0 Å². The molecule has 1 aliphatic heterocycles. The van der Waals surface area contributed by atoms with E-state index in [1.165, 1.54) is 0 Å². The summed E-state index contributed by atoms with van der Waals surface area (Å²) in [4.78, 5) is 13.5. The van der Waals surface area contributed by atoms with E-state index in [0.717, 1.165) is 6.42 Å². The van der Waals surface area contributed by atoms with E-state index in [1.807, 2.05) is 11.8 Å². The van der Waals surface area contributed by atoms with E-state index in [0.29, 0.717) is 18.5 Å². The molecule has 1 fully saturated rings. The van der Waals surface area contributed by atoms with Gasteiger partial charge in [0.2, 0.25) is 5.91 Å². The lowest BCUT2D eigenvalue weighted by molar-refractivity contribution is -0.130. The van der Waals surface area contributed by atoms with Crippen molar-refractivity contribution in [3.63, 3.8) is 0 Å². The maximum absolute atomic E-state index is 11.5. The van der Waals surface area contributed by atoms with Crippen molar-refractivity contribution in [2.75, 3.05) is 6.54 Å². The summed E-state index contributed by atoms with van der Waals surface area (Å²) in [6.45, 7) is 9.05. The van der Waals surface area contributed by atoms with Crippen molar-refractivity contribution in [3.05, 3.63) is 0 Å². The smallest absolute Gasteiger partial charge is 0.238 e. The number of nitrogens with one attached hydrogen (secondary N) is 1. The summed E-state index contributed by atoms with van der Waals surface area (Å²) in [5.41, 5.74) is 0. The number of hydrogen-bond donors (Lipinski definition) is 1. The molecule has 76 valence electrons. The second-order valence-electron chi connectivity index (χ2n) is 3.98. The molecule has 0 aromatic rings. The number of carbonyl (C=O) groups excluding carboxylic acids is 1. The number of amides is 1. The van der Waals surface area contributed by atoms with E-state index in [-0.39, 0.29) is 12.1 Å². The van der Waals surface area contributed by atoms with Crippen LogP contribution < -0.4 is 5.32 Å². The van der Waals surface area contributed by atoms with Gasteiger partial charge in [0.25, 0.3) is 0 Å². The van der Waals surface area contributed by atoms with Crippen molar-refractivity contribution in [2.24, 2.45) is 5.92 Å². The van der Waals surface area contributed by atoms with Gasteiger partial charge in [0.1, 0.15) is 0 Å². The van der Waals surface area contributed by atoms with E-state index in [4.69, 9.17) is 0 Å². The highest BCUT2D eigenvalue weighted by Crippen LogP contribution is 2.18. The summed E-state index contributed by atoms with van der Waals surface area (Å²) in [5.74, 6) is 0.812. The normalized spacial score (nSPS) is 27.8. The Labute approximate surface area is 80.5 Å². The number of nitrogens with zero attached hydrogens (tertiary/aromatic N) is 1. The Morgan fingerprint density at radius 3 is 2.62 bits per heavy atom. The van der Waals surface area contributed by atoms with Crippen LogP contribution in [0.4, 0.5) is 0 Å². The first kappa shape index (κ1) is 10.5. The van der Waals surface area contributed by atoms with Gasteiger partial charge in [-0.1, -0.05) is 20.3 Å². The Morgan fingerprint density at radius 2 is 2.23 bits per heavy atom. The van der Waals surface area contributed by atoms with Crippen LogP contribution >= 0.6 is 0 Å². The maximum Gasteiger partial charge on any atom is 0.238 e. The lowest BCUT2D eigenvalue weighted by atomic mass is 9.99. The number of carbonyl (C=O) groups is 1. The molecule has 0 aliphatic carbocycles. The van der Waals surface area contributed by atoms with E-state index in [2.05, 4.69) is 26.1 Å². The van der Waals surface area contributed by atoms with Crippen LogP contribution in [-0.4, -0.2) is 29.6 Å². The summed E-state index contributed by atoms with van der Waals surface area (Å²) in [6.07, 6.45) is 1.33. The van der Waals surface area contributed by atoms with Gasteiger partial charge in [0.05, 0.1) is 12.7 Å². The first-order valence-electron chi connectivity index (χ1n) is 5.12. The third kappa shape index (κ3) is 2.02. The minimum Gasteiger partial charge on any atom is -0.323 e. The molecule has 1 rings (SSSR count). The summed E-state index contributed by atoms with van der Waals surface area (Å²) in [6, 6.07) is 0.350. The molecule has 1 aliphatic rings. The largest absolute Gasteiger partial charge is 0.323 e. The van der Waals surface area contributed by atoms with Crippen LogP contribution in [0, 0.1) is 5.92 Å². The quantitative estimate of drug-likeness (QED) is 0.714. The van der Waals surface area contributed by atoms with Crippen molar-refractivity contribution >= 4 is 5.91 Å². The predicted molar refractivity (Wildman–Crippen MR) is 53.2 cm³/mol. The third-order valence-electron chi connectivity index (χ3n) is 3.16. The minimum absolute atomic E-state index is 0.205. The molecule has 0 aromatic carbocycles. The molecule has 3 unspecified atom stereocenters. The summed E-state index contributed by atoms with van der Waals surface area (Å²) < 4.78 is 0. The minimum atomic E-state index is 0.205. The fourth-order valence-corrected chi connectivity index (χ4v) is 1.84. The molecule has 0 bridgehead atoms. The highest BCUT2D eigenvalue weighted by Gasteiger charge is 2.32. The molecule has 3 nitrogen and oxygen atoms in total. The van der Waals surface area contributed by atoms with Crippen LogP contribution in [0.15, 0.2) is 0 Å². The van der Waals surface area contributed by atoms with Crippen LogP contribution in [0.2, 0.25) is 0 Å². The predicted octanol–water partition coefficient (Wildman–Crippen LogP) is 1.20. The van der Waals surface area contributed by atoms with Crippen molar-refractivity contribution in [1.82, 2.24) is 10.2 Å². The molecule has 0 spiro atoms. The Bertz CT molecular complexity index is 193. The van der Waals surface area contributed by atoms with Crippen molar-refractivity contribution in [2.45, 2.75) is 46.3 Å². The molecule has 1 saturated heterocycles. The monoisotopic (exact) mass is 184 g/mol. The topological polar surface area (TPSA) is 32.3 Å². The molecule has 1 amide bonds. The molecule has 1 N–H and O–H groups in total. The van der Waals surface area contributed by atoms with Crippen molar-refractivity contribution in [1.29, 1.82) is 0 Å². The molecule has 1 heterocycles. The van der Waals surface area contributed by atoms with Gasteiger partial charge in [0.15, 0.2) is 0 Å². The zero-order valence-corrected chi connectivity index (χ0v) is 9.00. The van der Waals surface area contributed by atoms with Gasteiger partial charge in [-0.25, -0.2) is 0 Å². The lowest BCUT2D eigenvalue weighted by Crippen LogP contribution is -2.44. The SMILES string of the molecule is CCC(C)C(C)N1C(=O)CNC1C. The van der Waals surface area contributed by atoms with Crippen LogP contribution in [-0.2, 0) is 4.79 Å². The summed E-state index contributed by atoms with van der Waals surface area (Å²) in [7, 11) is 0. The van der Waals surface area contributed by atoms with Crippen LogP contribution in [0.25, 0.3) is 0 Å². The standard InChI is InChI=1S/C10H20N2O/c1-5-7(2)8(3)12-9(4)11-6-10(12)13/h7-9,11H,5-6H2,1-4H3. The lowest BCUT2D eigenvalue weighted by Gasteiger charge is -2.32. The van der Waals surface area contributed by atoms with Gasteiger partial charge in [-0.3, -0.25) is 10.1 Å². The van der Waals surface area contributed by atoms with Gasteiger partial charge >= 0.3 is 0 Å². The Balaban J connectivity index is 2.63. The highest BCUT2D eigenvalue weighted by molar-refractivity contribution is 5.80. The average molecular weight is 184 g/mol. The molecule has 0 radical (unpaired) electrons. The van der Waals surface area contributed by atoms with Crippen LogP contribution in [0.1, 0.15) is 34.1 Å². The van der Waals surface area contributed by atoms with E-state index < -0.39 is 0 Å². The van der Waals surface area contributed by atoms with Gasteiger partial charge < -0.3 is 4.90 Å². The van der Waals surface area contributed by atoms with Crippen molar-refractivity contribution in [3.8, 4) is 0 Å². The average Bonchev–Trinajstić information content (AvgIpc) is 2.44. The summed E-state index contributed by atoms with van der Waals surface area (Å²) >= 11 is 0. The fourth-order valence-electron chi connectivity index (χ4n) is 1.84. The second-order valence-corrected chi connectivity index (χ2v) is 3.98. The number of rotatable bonds is 3. The van der Waals surface area contributed by atoms with Crippen molar-refractivity contribution < 1.29 is 4.79 Å². The van der Waals surface area contributed by atoms with E-state index in [1.54, 1.807) is 0 Å². The Morgan fingerprint density at radius 1 is 1.62 bits per heavy atom. The molecular formula is C10H20N2O.